The molecule has 0 saturated heterocycles. The third-order valence-electron chi connectivity index (χ3n) is 12.9. The van der Waals surface area contributed by atoms with Crippen LogP contribution in [0.3, 0.4) is 0 Å². The molecule has 0 fully saturated rings. The largest absolute Gasteiger partial charge is 0.506 e. The van der Waals surface area contributed by atoms with Crippen LogP contribution in [0, 0.1) is 27.7 Å². The summed E-state index contributed by atoms with van der Waals surface area (Å²) in [6.45, 7) is 27.2. The van der Waals surface area contributed by atoms with Gasteiger partial charge in [-0.1, -0.05) is 27.7 Å². The van der Waals surface area contributed by atoms with Crippen molar-refractivity contribution >= 4 is 33.9 Å². The first-order chi connectivity index (χ1) is 19.9. The van der Waals surface area contributed by atoms with Gasteiger partial charge >= 0.3 is 0 Å². The number of hydrogen-bond donors (Lipinski definition) is 2. The second-order valence-electron chi connectivity index (χ2n) is 16.1. The Labute approximate surface area is 266 Å². The number of benzene rings is 2. The zero-order valence-electron chi connectivity index (χ0n) is 30.7. The highest BCUT2D eigenvalue weighted by atomic mass is 16.3. The molecule has 2 heterocycles. The van der Waals surface area contributed by atoms with E-state index in [-0.39, 0.29) is 33.4 Å². The van der Waals surface area contributed by atoms with Crippen molar-refractivity contribution in [1.29, 1.82) is 0 Å². The minimum atomic E-state index is -0.149. The van der Waals surface area contributed by atoms with Crippen LogP contribution in [0.1, 0.15) is 99.9 Å². The van der Waals surface area contributed by atoms with E-state index in [1.54, 1.807) is 0 Å². The number of anilines is 4. The molecule has 1 aliphatic carbocycles. The molecule has 0 bridgehead atoms. The molecular formula is C38H56N4O2. The predicted molar refractivity (Wildman–Crippen MR) is 191 cm³/mol. The number of aliphatic hydroxyl groups is 2. The van der Waals surface area contributed by atoms with Gasteiger partial charge in [0, 0.05) is 98.1 Å². The van der Waals surface area contributed by atoms with E-state index in [1.165, 1.54) is 33.6 Å². The molecule has 0 spiro atoms. The van der Waals surface area contributed by atoms with E-state index in [9.17, 15) is 10.2 Å². The fraction of sp³-hybridized carbons (Fsp3) is 0.579. The summed E-state index contributed by atoms with van der Waals surface area (Å²) in [6.07, 6.45) is 0. The molecule has 0 atom stereocenters. The molecule has 240 valence electrons. The highest BCUT2D eigenvalue weighted by molar-refractivity contribution is 6.12. The van der Waals surface area contributed by atoms with Crippen LogP contribution in [0.2, 0.25) is 0 Å². The topological polar surface area (TPSA) is 53.4 Å². The SMILES string of the molecule is Cc1c(N(C)C)c(C2=C(O)C(c3c(C)c4c(c(C)c3N(C)C)N(C)C(C)(C)C4(C)C)=C2O)c(C)c2c1N(C)C(C)(C)C2(C)C. The van der Waals surface area contributed by atoms with Crippen molar-refractivity contribution in [1.82, 2.24) is 0 Å². The van der Waals surface area contributed by atoms with Crippen LogP contribution in [0.25, 0.3) is 11.1 Å². The van der Waals surface area contributed by atoms with Crippen LogP contribution in [0.15, 0.2) is 11.5 Å². The quantitative estimate of drug-likeness (QED) is 0.368. The van der Waals surface area contributed by atoms with Gasteiger partial charge in [0.05, 0.1) is 11.1 Å². The Bertz CT molecular complexity index is 1560. The Morgan fingerprint density at radius 1 is 0.500 bits per heavy atom. The fourth-order valence-corrected chi connectivity index (χ4v) is 8.93. The van der Waals surface area contributed by atoms with Gasteiger partial charge in [0.25, 0.3) is 0 Å². The summed E-state index contributed by atoms with van der Waals surface area (Å²) in [6, 6.07) is 0. The molecular weight excluding hydrogens is 544 g/mol. The number of fused-ring (bicyclic) bond motifs is 2. The third-order valence-corrected chi connectivity index (χ3v) is 12.9. The standard InChI is InChI=1S/C38H56N4O2/c1-19-23(29(39(13)14)21(3)31-27(19)35(5,6)37(9,10)41(31)17)25-33(43)26(34(25)44)24-20(2)28-32(22(4)30(24)40(15)16)42(18)38(11,12)36(28,7)8/h43-44H,1-18H3. The second-order valence-corrected chi connectivity index (χ2v) is 16.1. The minimum absolute atomic E-state index is 0.112. The van der Waals surface area contributed by atoms with E-state index in [0.29, 0.717) is 11.1 Å². The van der Waals surface area contributed by atoms with Crippen molar-refractivity contribution in [3.05, 3.63) is 56.0 Å². The van der Waals surface area contributed by atoms with Crippen LogP contribution >= 0.6 is 0 Å². The molecule has 6 nitrogen and oxygen atoms in total. The summed E-state index contributed by atoms with van der Waals surface area (Å²) in [7, 11) is 12.6. The number of likely N-dealkylation sites (N-methyl/N-ethyl adjacent to an activating group) is 2. The average Bonchev–Trinajstić information content (AvgIpc) is 3.13. The smallest absolute Gasteiger partial charge is 0.138 e. The first kappa shape index (κ1) is 32.1. The van der Waals surface area contributed by atoms with Crippen LogP contribution in [0.4, 0.5) is 22.7 Å². The molecule has 5 rings (SSSR count). The summed E-state index contributed by atoms with van der Waals surface area (Å²) < 4.78 is 0. The van der Waals surface area contributed by atoms with Crippen LogP contribution in [0.5, 0.6) is 0 Å². The molecule has 6 heteroatoms. The maximum atomic E-state index is 12.2. The Morgan fingerprint density at radius 3 is 1.02 bits per heavy atom. The van der Waals surface area contributed by atoms with Gasteiger partial charge in [0.1, 0.15) is 11.5 Å². The molecule has 0 aromatic heterocycles. The molecule has 3 aliphatic rings. The zero-order valence-corrected chi connectivity index (χ0v) is 30.7. The van der Waals surface area contributed by atoms with Crippen molar-refractivity contribution in [3.63, 3.8) is 0 Å². The van der Waals surface area contributed by atoms with E-state index in [1.807, 2.05) is 0 Å². The van der Waals surface area contributed by atoms with Crippen molar-refractivity contribution in [2.75, 3.05) is 61.9 Å². The van der Waals surface area contributed by atoms with E-state index >= 15 is 0 Å². The average molecular weight is 601 g/mol. The summed E-state index contributed by atoms with van der Waals surface area (Å²) >= 11 is 0. The Kier molecular flexibility index (Phi) is 6.67. The summed E-state index contributed by atoms with van der Waals surface area (Å²) in [5.41, 5.74) is 14.1. The van der Waals surface area contributed by atoms with Gasteiger partial charge in [-0.05, 0) is 88.8 Å². The Balaban J connectivity index is 1.84. The molecule has 2 N–H and O–H groups in total. The monoisotopic (exact) mass is 600 g/mol. The molecule has 0 saturated carbocycles. The maximum absolute atomic E-state index is 12.2. The Hall–Kier alpha value is -3.28. The van der Waals surface area contributed by atoms with Crippen molar-refractivity contribution in [2.45, 2.75) is 105 Å². The lowest BCUT2D eigenvalue weighted by Gasteiger charge is -2.41. The molecule has 0 unspecified atom stereocenters. The Morgan fingerprint density at radius 2 is 0.773 bits per heavy atom. The number of nitrogens with zero attached hydrogens (tertiary/aromatic N) is 4. The fourth-order valence-electron chi connectivity index (χ4n) is 8.93. The van der Waals surface area contributed by atoms with Crippen LogP contribution in [-0.4, -0.2) is 63.6 Å². The normalized spacial score (nSPS) is 20.7. The lowest BCUT2D eigenvalue weighted by Crippen LogP contribution is -2.49. The van der Waals surface area contributed by atoms with Crippen LogP contribution in [-0.2, 0) is 10.8 Å². The first-order valence-electron chi connectivity index (χ1n) is 16.0. The van der Waals surface area contributed by atoms with Gasteiger partial charge < -0.3 is 29.8 Å². The highest BCUT2D eigenvalue weighted by Gasteiger charge is 2.54. The molecule has 0 radical (unpaired) electrons. The molecule has 2 aliphatic heterocycles. The number of aliphatic hydroxyl groups excluding tert-OH is 2. The molecule has 44 heavy (non-hydrogen) atoms. The number of allylic oxidation sites excluding steroid dienone is 2. The van der Waals surface area contributed by atoms with E-state index in [2.05, 4.69) is 145 Å². The van der Waals surface area contributed by atoms with Crippen LogP contribution < -0.4 is 19.6 Å². The second kappa shape index (κ2) is 9.14. The van der Waals surface area contributed by atoms with Gasteiger partial charge in [-0.15, -0.1) is 0 Å². The van der Waals surface area contributed by atoms with Crippen molar-refractivity contribution in [2.24, 2.45) is 0 Å². The van der Waals surface area contributed by atoms with E-state index in [4.69, 9.17) is 0 Å². The lowest BCUT2D eigenvalue weighted by atomic mass is 9.68. The number of hydrogen-bond acceptors (Lipinski definition) is 6. The molecule has 2 aromatic rings. The summed E-state index contributed by atoms with van der Waals surface area (Å²) in [4.78, 5) is 9.09. The highest BCUT2D eigenvalue weighted by Crippen LogP contribution is 2.61. The van der Waals surface area contributed by atoms with Gasteiger partial charge in [0.2, 0.25) is 0 Å². The third kappa shape index (κ3) is 3.43. The van der Waals surface area contributed by atoms with E-state index < -0.39 is 0 Å². The lowest BCUT2D eigenvalue weighted by molar-refractivity contribution is 0.321. The van der Waals surface area contributed by atoms with Gasteiger partial charge in [-0.3, -0.25) is 0 Å². The maximum Gasteiger partial charge on any atom is 0.138 e. The zero-order chi connectivity index (χ0) is 33.5. The van der Waals surface area contributed by atoms with Crippen molar-refractivity contribution in [3.8, 4) is 0 Å². The minimum Gasteiger partial charge on any atom is -0.506 e. The van der Waals surface area contributed by atoms with Gasteiger partial charge in [-0.25, -0.2) is 0 Å². The number of rotatable bonds is 4. The summed E-state index contributed by atoms with van der Waals surface area (Å²) in [5.74, 6) is 0.343. The molecule has 2 aromatic carbocycles. The van der Waals surface area contributed by atoms with Gasteiger partial charge in [0.15, 0.2) is 0 Å². The van der Waals surface area contributed by atoms with Crippen molar-refractivity contribution < 1.29 is 10.2 Å². The summed E-state index contributed by atoms with van der Waals surface area (Å²) in [5, 5.41) is 24.3. The van der Waals surface area contributed by atoms with Gasteiger partial charge in [-0.2, -0.15) is 0 Å². The predicted octanol–water partition coefficient (Wildman–Crippen LogP) is 8.32. The first-order valence-corrected chi connectivity index (χ1v) is 16.0. The molecule has 0 amide bonds. The van der Waals surface area contributed by atoms with E-state index in [0.717, 1.165) is 33.6 Å².